The Bertz CT molecular complexity index is 9570. The molecule has 0 saturated heterocycles. The summed E-state index contributed by atoms with van der Waals surface area (Å²) in [6.45, 7) is 0. The molecule has 0 amide bonds. The summed E-state index contributed by atoms with van der Waals surface area (Å²) in [4.78, 5) is 20.8. The molecule has 8 heterocycles. The fraction of sp³-hybridized carbons (Fsp3) is 0. The van der Waals surface area contributed by atoms with E-state index in [-0.39, 0.29) is 0 Å². The van der Waals surface area contributed by atoms with Crippen LogP contribution in [0.15, 0.2) is 425 Å². The molecule has 12 heteroatoms. The van der Waals surface area contributed by atoms with Crippen LogP contribution in [0.5, 0.6) is 0 Å². The molecule has 0 fully saturated rings. The first-order valence-corrected chi connectivity index (χ1v) is 47.8. The fourth-order valence-electron chi connectivity index (χ4n) is 20.6. The van der Waals surface area contributed by atoms with Crippen molar-refractivity contribution in [1.29, 1.82) is 0 Å². The van der Waals surface area contributed by atoms with Crippen LogP contribution >= 0.6 is 45.3 Å². The van der Waals surface area contributed by atoms with Gasteiger partial charge in [0.15, 0.2) is 0 Å². The summed E-state index contributed by atoms with van der Waals surface area (Å²) in [5, 5.41) is 18.7. The van der Waals surface area contributed by atoms with E-state index in [2.05, 4.69) is 443 Å². The number of aromatic nitrogens is 8. The van der Waals surface area contributed by atoms with Gasteiger partial charge in [-0.15, -0.1) is 45.3 Å². The maximum absolute atomic E-state index is 5.42. The number of hydrogen-bond donors (Lipinski definition) is 0. The van der Waals surface area contributed by atoms with E-state index >= 15 is 0 Å². The van der Waals surface area contributed by atoms with Crippen LogP contribution in [0, 0.1) is 0 Å². The SMILES string of the molecule is c1ccc2c(c1)ccc1c2c2cc(-c3nc4ccccc4s3)ccc2n1-c1ccc(-c2ccc(-c3ccc(-n4c5ccc(-c6nc7cccc(-c8ccc9nc(-c%10ccc%11c(c%10)c%10ccccc%10n%11-c%10ccc(-c%11ccc(-c%12ccc(-n%13c%14ccccc%14c%14cc(-c%15nc%16ccccc%16s%15)ccc%14%13)cc%12)cc%11)cc%10)sc9c8)c7s6)cc5c5c6ccccc6ccc54)cc3)cc2)cc1. The normalized spacial score (nSPS) is 12.1. The van der Waals surface area contributed by atoms with Gasteiger partial charge < -0.3 is 18.3 Å². The van der Waals surface area contributed by atoms with E-state index in [9.17, 15) is 0 Å². The van der Waals surface area contributed by atoms with Gasteiger partial charge in [0.1, 0.15) is 20.0 Å². The minimum atomic E-state index is 0.984. The van der Waals surface area contributed by atoms with Crippen molar-refractivity contribution >= 4 is 195 Å². The van der Waals surface area contributed by atoms with Crippen LogP contribution in [-0.4, -0.2) is 38.2 Å². The van der Waals surface area contributed by atoms with E-state index in [1.165, 1.54) is 129 Å². The second-order valence-electron chi connectivity index (χ2n) is 34.4. The Morgan fingerprint density at radius 1 is 0.167 bits per heavy atom. The first-order chi connectivity index (χ1) is 65.3. The monoisotopic (exact) mass is 1750 g/mol. The maximum Gasteiger partial charge on any atom is 0.124 e. The summed E-state index contributed by atoms with van der Waals surface area (Å²) in [7, 11) is 0. The molecule has 28 rings (SSSR count). The number of rotatable bonds is 13. The van der Waals surface area contributed by atoms with Crippen molar-refractivity contribution in [2.75, 3.05) is 0 Å². The van der Waals surface area contributed by atoms with Gasteiger partial charge in [-0.1, -0.05) is 237 Å². The largest absolute Gasteiger partial charge is 0.309 e. The summed E-state index contributed by atoms with van der Waals surface area (Å²) in [6, 6.07) is 156. The average molecular weight is 1750 g/mol. The molecule has 132 heavy (non-hydrogen) atoms. The summed E-state index contributed by atoms with van der Waals surface area (Å²) in [6.07, 6.45) is 0. The zero-order chi connectivity index (χ0) is 86.3. The summed E-state index contributed by atoms with van der Waals surface area (Å²) < 4.78 is 14.3. The summed E-state index contributed by atoms with van der Waals surface area (Å²) >= 11 is 7.01. The average Bonchev–Trinajstić information content (AvgIpc) is 1.57. The zero-order valence-corrected chi connectivity index (χ0v) is 73.9. The molecule has 20 aromatic carbocycles. The standard InChI is InChI=1S/C120H70N8S4/c1-3-16-90-79(14-1)45-64-109-114(90)97-68-84(118-122-100-22-8-12-27-112(100)130-118)49-62-107(97)127(109)88-55-40-77(41-56-88)73-32-34-74(35-33-73)78-42-57-89(58-43-78)128-108-63-50-85(69-98(108)115-91-17-4-2-15-80(91)46-65-110(115)128)120-124-102-23-13-20-92(116(102)132-120)81-44-59-101-113(70-81)131-119(123-101)83-48-61-106-96(67-83)94-19-6-10-25-104(94)126(106)87-53-38-76(39-54-87)72-30-28-71(29-31-72)75-36-51-86(52-37-75)125-103-24-9-5-18-93(103)95-66-82(47-60-105(95)125)117-121-99-21-7-11-26-111(99)129-117/h1-70H. The minimum Gasteiger partial charge on any atom is -0.309 e. The topological polar surface area (TPSA) is 71.3 Å². The van der Waals surface area contributed by atoms with Gasteiger partial charge in [0.05, 0.1) is 85.0 Å². The highest BCUT2D eigenvalue weighted by molar-refractivity contribution is 7.23. The Morgan fingerprint density at radius 2 is 0.455 bits per heavy atom. The molecule has 0 aliphatic carbocycles. The van der Waals surface area contributed by atoms with Gasteiger partial charge in [-0.25, -0.2) is 19.9 Å². The van der Waals surface area contributed by atoms with E-state index in [1.807, 2.05) is 0 Å². The summed E-state index contributed by atoms with van der Waals surface area (Å²) in [5.74, 6) is 0. The molecular formula is C120H70N8S4. The lowest BCUT2D eigenvalue weighted by Crippen LogP contribution is -1.94. The molecule has 8 aromatic heterocycles. The maximum atomic E-state index is 5.42. The summed E-state index contributed by atoms with van der Waals surface area (Å²) in [5.41, 5.74) is 34.0. The number of nitrogens with zero attached hydrogens (tertiary/aromatic N) is 8. The van der Waals surface area contributed by atoms with Gasteiger partial charge in [-0.05, 0) is 260 Å². The van der Waals surface area contributed by atoms with Crippen molar-refractivity contribution in [3.8, 4) is 121 Å². The zero-order valence-electron chi connectivity index (χ0n) is 70.6. The first kappa shape index (κ1) is 74.7. The Hall–Kier alpha value is -16.3. The molecular weight excluding hydrogens is 1680 g/mol. The minimum absolute atomic E-state index is 0.984. The van der Waals surface area contributed by atoms with E-state index < -0.39 is 0 Å². The van der Waals surface area contributed by atoms with Gasteiger partial charge >= 0.3 is 0 Å². The predicted octanol–water partition coefficient (Wildman–Crippen LogP) is 33.8. The van der Waals surface area contributed by atoms with Crippen LogP contribution in [0.3, 0.4) is 0 Å². The first-order valence-electron chi connectivity index (χ1n) is 44.5. The Labute approximate surface area is 772 Å². The number of hydrogen-bond acceptors (Lipinski definition) is 8. The van der Waals surface area contributed by atoms with Gasteiger partial charge in [-0.3, -0.25) is 0 Å². The third-order valence-electron chi connectivity index (χ3n) is 26.9. The molecule has 0 unspecified atom stereocenters. The Kier molecular flexibility index (Phi) is 16.8. The highest BCUT2D eigenvalue weighted by Crippen LogP contribution is 2.48. The second kappa shape index (κ2) is 29.6. The molecule has 0 atom stereocenters. The molecule has 0 bridgehead atoms. The highest BCUT2D eigenvalue weighted by Gasteiger charge is 2.25. The van der Waals surface area contributed by atoms with Crippen molar-refractivity contribution in [2.45, 2.75) is 0 Å². The molecule has 28 aromatic rings. The predicted molar refractivity (Wildman–Crippen MR) is 560 cm³/mol. The van der Waals surface area contributed by atoms with Crippen LogP contribution in [0.1, 0.15) is 0 Å². The van der Waals surface area contributed by atoms with E-state index in [4.69, 9.17) is 19.9 Å². The van der Waals surface area contributed by atoms with E-state index in [0.717, 1.165) is 141 Å². The van der Waals surface area contributed by atoms with Gasteiger partial charge in [0.25, 0.3) is 0 Å². The molecule has 0 aliphatic rings. The molecule has 0 N–H and O–H groups in total. The smallest absolute Gasteiger partial charge is 0.124 e. The van der Waals surface area contributed by atoms with Gasteiger partial charge in [0.2, 0.25) is 0 Å². The van der Waals surface area contributed by atoms with E-state index in [0.29, 0.717) is 0 Å². The molecule has 0 aliphatic heterocycles. The van der Waals surface area contributed by atoms with E-state index in [1.54, 1.807) is 45.3 Å². The third-order valence-corrected chi connectivity index (χ3v) is 31.3. The number of fused-ring (bicyclic) bond motifs is 20. The number of benzene rings is 20. The van der Waals surface area contributed by atoms with Crippen molar-refractivity contribution in [3.05, 3.63) is 425 Å². The molecule has 614 valence electrons. The second-order valence-corrected chi connectivity index (χ2v) is 38.4. The number of para-hydroxylation sites is 4. The number of thiazole rings is 4. The van der Waals surface area contributed by atoms with Crippen LogP contribution in [0.2, 0.25) is 0 Å². The lowest BCUT2D eigenvalue weighted by molar-refractivity contribution is 1.18. The molecule has 0 spiro atoms. The van der Waals surface area contributed by atoms with Crippen LogP contribution in [0.4, 0.5) is 0 Å². The lowest BCUT2D eigenvalue weighted by atomic mass is 10.00. The van der Waals surface area contributed by atoms with Crippen molar-refractivity contribution < 1.29 is 0 Å². The van der Waals surface area contributed by atoms with Crippen LogP contribution in [-0.2, 0) is 0 Å². The van der Waals surface area contributed by atoms with Crippen LogP contribution in [0.25, 0.3) is 270 Å². The van der Waals surface area contributed by atoms with Crippen molar-refractivity contribution in [1.82, 2.24) is 38.2 Å². The molecule has 0 radical (unpaired) electrons. The van der Waals surface area contributed by atoms with Gasteiger partial charge in [-0.2, -0.15) is 0 Å². The lowest BCUT2D eigenvalue weighted by Gasteiger charge is -2.11. The Morgan fingerprint density at radius 3 is 0.871 bits per heavy atom. The van der Waals surface area contributed by atoms with Gasteiger partial charge in [0, 0.05) is 93.7 Å². The van der Waals surface area contributed by atoms with Crippen molar-refractivity contribution in [2.24, 2.45) is 0 Å². The fourth-order valence-corrected chi connectivity index (χ4v) is 24.6. The molecule has 8 nitrogen and oxygen atoms in total. The third kappa shape index (κ3) is 12.0. The highest BCUT2D eigenvalue weighted by atomic mass is 32.1. The van der Waals surface area contributed by atoms with Crippen LogP contribution < -0.4 is 0 Å². The quantitative estimate of drug-likeness (QED) is 0.115. The Balaban J connectivity index is 0.431. The molecule has 0 saturated carbocycles. The van der Waals surface area contributed by atoms with Crippen molar-refractivity contribution in [3.63, 3.8) is 0 Å².